The molecule has 0 saturated carbocycles. The third-order valence-corrected chi connectivity index (χ3v) is 18.8. The minimum atomic E-state index is -3.01. The van der Waals surface area contributed by atoms with E-state index >= 15 is 4.57 Å². The van der Waals surface area contributed by atoms with Crippen molar-refractivity contribution in [1.82, 2.24) is 20.1 Å². The molecule has 4 aromatic rings. The largest absolute Gasteiger partial charge is 0.314 e. The Kier molecular flexibility index (Phi) is 20.2. The zero-order valence-corrected chi connectivity index (χ0v) is 43.8. The SMILES string of the molecule is CCCCN(C1CC(C)(C)N(OCC)C(C)(C)C1)P(=O)(c1ccccc1)c1ccccc1.CCCCNC1CC(C)(C)N(OC)C(C)(C)C1.O=P(Cl)(c1ccccc1)c1ccccc1. The van der Waals surface area contributed by atoms with Crippen molar-refractivity contribution in [2.24, 2.45) is 0 Å². The van der Waals surface area contributed by atoms with E-state index in [1.165, 1.54) is 12.8 Å². The zero-order chi connectivity index (χ0) is 47.2. The average Bonchev–Trinajstić information content (AvgIpc) is 3.26. The Bertz CT molecular complexity index is 1930. The maximum Gasteiger partial charge on any atom is 0.225 e. The van der Waals surface area contributed by atoms with Crippen LogP contribution in [0.25, 0.3) is 0 Å². The second-order valence-corrected chi connectivity index (χ2v) is 26.1. The lowest BCUT2D eigenvalue weighted by atomic mass is 9.79. The highest BCUT2D eigenvalue weighted by molar-refractivity contribution is 8.00. The van der Waals surface area contributed by atoms with Crippen molar-refractivity contribution in [1.29, 1.82) is 0 Å². The molecule has 2 heterocycles. The molecule has 0 aliphatic carbocycles. The van der Waals surface area contributed by atoms with Gasteiger partial charge in [-0.3, -0.25) is 14.0 Å². The normalized spacial score (nSPS) is 19.0. The van der Waals surface area contributed by atoms with Gasteiger partial charge in [-0.2, -0.15) is 10.1 Å². The van der Waals surface area contributed by atoms with Crippen molar-refractivity contribution in [3.8, 4) is 0 Å². The Hall–Kier alpha value is -2.61. The van der Waals surface area contributed by atoms with Gasteiger partial charge in [0.2, 0.25) is 13.8 Å². The molecule has 354 valence electrons. The zero-order valence-electron chi connectivity index (χ0n) is 41.2. The molecule has 2 saturated heterocycles. The van der Waals surface area contributed by atoms with E-state index in [4.69, 9.17) is 20.9 Å². The number of hydrogen-bond acceptors (Lipinski definition) is 7. The number of unbranched alkanes of at least 4 members (excludes halogenated alkanes) is 2. The van der Waals surface area contributed by atoms with Crippen LogP contribution in [0, 0.1) is 0 Å². The highest BCUT2D eigenvalue weighted by atomic mass is 35.7. The van der Waals surface area contributed by atoms with Gasteiger partial charge < -0.3 is 10.2 Å². The molecule has 1 N–H and O–H groups in total. The summed E-state index contributed by atoms with van der Waals surface area (Å²) in [7, 11) is -1.22. The smallest absolute Gasteiger partial charge is 0.225 e. The summed E-state index contributed by atoms with van der Waals surface area (Å²) >= 11 is 6.14. The van der Waals surface area contributed by atoms with Crippen molar-refractivity contribution in [3.63, 3.8) is 0 Å². The van der Waals surface area contributed by atoms with Crippen LogP contribution >= 0.6 is 25.0 Å². The average molecular weight is 936 g/mol. The summed E-state index contributed by atoms with van der Waals surface area (Å²) in [6, 6.07) is 39.3. The van der Waals surface area contributed by atoms with Crippen LogP contribution in [0.15, 0.2) is 121 Å². The first kappa shape index (κ1) is 54.0. The Morgan fingerprint density at radius 1 is 0.594 bits per heavy atom. The molecule has 0 amide bonds. The van der Waals surface area contributed by atoms with Gasteiger partial charge in [-0.1, -0.05) is 124 Å². The standard InChI is InChI=1S/C27H41N2O2P.C14H30N2O.C12H10ClOP/c1-7-9-20-28(23-21-26(3,4)29(31-8-2)27(5,6)22-23)32(30,24-16-12-10-13-17-24)25-18-14-11-15-19-25;1-7-8-9-15-12-10-13(2,3)16(17-6)14(4,5)11-12;13-15(14,11-7-3-1-4-8-11)12-9-5-2-6-10-12/h10-19,23H,7-9,20-22H2,1-6H3;12,15H,7-11H2,1-6H3;1-10H. The van der Waals surface area contributed by atoms with Gasteiger partial charge in [0.05, 0.1) is 13.7 Å². The van der Waals surface area contributed by atoms with Crippen LogP contribution in [0.5, 0.6) is 0 Å². The minimum Gasteiger partial charge on any atom is -0.314 e. The summed E-state index contributed by atoms with van der Waals surface area (Å²) in [5.74, 6) is 0. The number of hydrogen-bond donors (Lipinski definition) is 1. The molecular formula is C53H81ClN4O4P2. The monoisotopic (exact) mass is 935 g/mol. The molecule has 4 aromatic carbocycles. The van der Waals surface area contributed by atoms with Gasteiger partial charge in [0.15, 0.2) is 0 Å². The van der Waals surface area contributed by atoms with E-state index in [9.17, 15) is 4.57 Å². The lowest BCUT2D eigenvalue weighted by Gasteiger charge is -2.56. The van der Waals surface area contributed by atoms with Crippen LogP contribution in [-0.2, 0) is 18.8 Å². The van der Waals surface area contributed by atoms with E-state index in [2.05, 4.69) is 89.4 Å². The molecule has 64 heavy (non-hydrogen) atoms. The Balaban J connectivity index is 0.000000235. The fraction of sp³-hybridized carbons (Fsp3) is 0.547. The molecule has 0 spiro atoms. The van der Waals surface area contributed by atoms with Gasteiger partial charge in [-0.15, -0.1) is 0 Å². The van der Waals surface area contributed by atoms with Gasteiger partial charge in [0.1, 0.15) is 0 Å². The summed E-state index contributed by atoms with van der Waals surface area (Å²) in [4.78, 5) is 11.7. The fourth-order valence-electron chi connectivity index (χ4n) is 10.3. The summed E-state index contributed by atoms with van der Waals surface area (Å²) < 4.78 is 30.0. The molecule has 2 fully saturated rings. The predicted octanol–water partition coefficient (Wildman–Crippen LogP) is 12.1. The van der Waals surface area contributed by atoms with Crippen molar-refractivity contribution < 1.29 is 18.8 Å². The molecule has 11 heteroatoms. The molecule has 2 aliphatic heterocycles. The third-order valence-electron chi connectivity index (χ3n) is 12.5. The van der Waals surface area contributed by atoms with Crippen LogP contribution in [-0.4, -0.2) is 75.8 Å². The minimum absolute atomic E-state index is 0.0976. The third kappa shape index (κ3) is 13.7. The first-order valence-corrected chi connectivity index (χ1v) is 27.9. The van der Waals surface area contributed by atoms with Crippen molar-refractivity contribution in [3.05, 3.63) is 121 Å². The Labute approximate surface area is 393 Å². The lowest BCUT2D eigenvalue weighted by molar-refractivity contribution is -0.284. The maximum absolute atomic E-state index is 15.2. The Morgan fingerprint density at radius 3 is 1.33 bits per heavy atom. The van der Waals surface area contributed by atoms with Gasteiger partial charge in [0, 0.05) is 62.0 Å². The fourth-order valence-corrected chi connectivity index (χ4v) is 15.4. The van der Waals surface area contributed by atoms with Crippen LogP contribution in [0.2, 0.25) is 0 Å². The second kappa shape index (κ2) is 23.9. The molecule has 0 unspecified atom stereocenters. The molecule has 0 atom stereocenters. The van der Waals surface area contributed by atoms with E-state index in [-0.39, 0.29) is 28.2 Å². The Morgan fingerprint density at radius 2 is 0.969 bits per heavy atom. The second-order valence-electron chi connectivity index (χ2n) is 19.9. The van der Waals surface area contributed by atoms with Gasteiger partial charge in [-0.05, 0) is 143 Å². The van der Waals surface area contributed by atoms with Crippen molar-refractivity contribution in [2.75, 3.05) is 26.8 Å². The van der Waals surface area contributed by atoms with E-state index < -0.39 is 13.8 Å². The number of nitrogens with one attached hydrogen (secondary N) is 1. The lowest BCUT2D eigenvalue weighted by Crippen LogP contribution is -2.64. The molecular weight excluding hydrogens is 854 g/mol. The summed E-state index contributed by atoms with van der Waals surface area (Å²) in [6.07, 6.45) is 8.73. The summed E-state index contributed by atoms with van der Waals surface area (Å²) in [5, 5.41) is 11.2. The number of piperidine rings is 2. The van der Waals surface area contributed by atoms with E-state index in [1.807, 2.05) is 104 Å². The number of rotatable bonds is 16. The number of benzene rings is 4. The first-order valence-electron chi connectivity index (χ1n) is 23.6. The highest BCUT2D eigenvalue weighted by Gasteiger charge is 2.51. The molecule has 8 nitrogen and oxygen atoms in total. The van der Waals surface area contributed by atoms with Gasteiger partial charge in [-0.25, -0.2) is 4.67 Å². The molecule has 2 aliphatic rings. The van der Waals surface area contributed by atoms with Crippen LogP contribution < -0.4 is 26.5 Å². The van der Waals surface area contributed by atoms with Gasteiger partial charge >= 0.3 is 0 Å². The molecule has 0 radical (unpaired) electrons. The number of hydroxylamine groups is 4. The quantitative estimate of drug-likeness (QED) is 0.0880. The van der Waals surface area contributed by atoms with Crippen molar-refractivity contribution in [2.45, 2.75) is 162 Å². The molecule has 0 bridgehead atoms. The predicted molar refractivity (Wildman–Crippen MR) is 275 cm³/mol. The topological polar surface area (TPSA) is 74.3 Å². The van der Waals surface area contributed by atoms with Crippen LogP contribution in [0.4, 0.5) is 0 Å². The summed E-state index contributed by atoms with van der Waals surface area (Å²) in [6.45, 7) is 24.3. The van der Waals surface area contributed by atoms with E-state index in [0.29, 0.717) is 23.3 Å². The number of halogens is 1. The maximum atomic E-state index is 15.2. The summed E-state index contributed by atoms with van der Waals surface area (Å²) in [5.41, 5.74) is -0.128. The van der Waals surface area contributed by atoms with Crippen LogP contribution in [0.3, 0.4) is 0 Å². The molecule has 0 aromatic heterocycles. The molecule has 6 rings (SSSR count). The number of nitrogens with zero attached hydrogens (tertiary/aromatic N) is 3. The highest BCUT2D eigenvalue weighted by Crippen LogP contribution is 2.53. The first-order chi connectivity index (χ1) is 30.2. The van der Waals surface area contributed by atoms with E-state index in [0.717, 1.165) is 62.2 Å². The van der Waals surface area contributed by atoms with E-state index in [1.54, 1.807) is 31.4 Å². The van der Waals surface area contributed by atoms with Crippen molar-refractivity contribution >= 4 is 46.2 Å². The van der Waals surface area contributed by atoms with Crippen LogP contribution in [0.1, 0.15) is 128 Å². The van der Waals surface area contributed by atoms with Gasteiger partial charge in [0.25, 0.3) is 0 Å².